The van der Waals surface area contributed by atoms with E-state index < -0.39 is 0 Å². The van der Waals surface area contributed by atoms with E-state index in [1.807, 2.05) is 38.1 Å². The first-order chi connectivity index (χ1) is 9.60. The third kappa shape index (κ3) is 3.99. The Morgan fingerprint density at radius 1 is 1.20 bits per heavy atom. The van der Waals surface area contributed by atoms with Crippen LogP contribution in [0.4, 0.5) is 0 Å². The van der Waals surface area contributed by atoms with Gasteiger partial charge in [-0.1, -0.05) is 38.3 Å². The van der Waals surface area contributed by atoms with E-state index in [0.29, 0.717) is 5.92 Å². The molecule has 0 saturated heterocycles. The zero-order chi connectivity index (χ0) is 14.5. The van der Waals surface area contributed by atoms with Crippen LogP contribution >= 0.6 is 0 Å². The standard InChI is InChI=1S/C18H28O2/c1-4-14-8-10-15(11-9-14)18(19)16-6-5-7-17(12-16)20-13(2)3/h5-7,12-15,18-19H,4,8-11H2,1-3H3. The van der Waals surface area contributed by atoms with Crippen molar-refractivity contribution in [1.29, 1.82) is 0 Å². The molecule has 0 radical (unpaired) electrons. The topological polar surface area (TPSA) is 29.5 Å². The number of hydrogen-bond acceptors (Lipinski definition) is 2. The lowest BCUT2D eigenvalue weighted by Gasteiger charge is -2.31. The van der Waals surface area contributed by atoms with Crippen molar-refractivity contribution in [1.82, 2.24) is 0 Å². The van der Waals surface area contributed by atoms with Crippen LogP contribution in [0.1, 0.15) is 64.5 Å². The van der Waals surface area contributed by atoms with Crippen LogP contribution in [-0.2, 0) is 0 Å². The maximum atomic E-state index is 10.6. The monoisotopic (exact) mass is 276 g/mol. The summed E-state index contributed by atoms with van der Waals surface area (Å²) in [5, 5.41) is 10.6. The van der Waals surface area contributed by atoms with Gasteiger partial charge < -0.3 is 9.84 Å². The van der Waals surface area contributed by atoms with Gasteiger partial charge in [0.2, 0.25) is 0 Å². The van der Waals surface area contributed by atoms with Gasteiger partial charge in [0, 0.05) is 0 Å². The SMILES string of the molecule is CCC1CCC(C(O)c2cccc(OC(C)C)c2)CC1. The molecule has 112 valence electrons. The first-order valence-electron chi connectivity index (χ1n) is 8.04. The normalized spacial score (nSPS) is 24.6. The number of rotatable bonds is 5. The molecular formula is C18H28O2. The Balaban J connectivity index is 2.00. The van der Waals surface area contributed by atoms with Crippen LogP contribution in [0, 0.1) is 11.8 Å². The van der Waals surface area contributed by atoms with Crippen molar-refractivity contribution in [2.75, 3.05) is 0 Å². The van der Waals surface area contributed by atoms with Gasteiger partial charge in [0.05, 0.1) is 12.2 Å². The summed E-state index contributed by atoms with van der Waals surface area (Å²) < 4.78 is 5.72. The molecule has 1 aromatic rings. The second-order valence-electron chi connectivity index (χ2n) is 6.37. The van der Waals surface area contributed by atoms with E-state index in [0.717, 1.165) is 30.1 Å². The fourth-order valence-electron chi connectivity index (χ4n) is 3.23. The Labute approximate surface area is 123 Å². The molecule has 0 heterocycles. The molecule has 1 saturated carbocycles. The predicted octanol–water partition coefficient (Wildman–Crippen LogP) is 4.72. The second kappa shape index (κ2) is 7.12. The lowest BCUT2D eigenvalue weighted by atomic mass is 9.77. The molecule has 0 spiro atoms. The molecule has 1 aliphatic carbocycles. The highest BCUT2D eigenvalue weighted by Crippen LogP contribution is 2.38. The summed E-state index contributed by atoms with van der Waals surface area (Å²) in [6.45, 7) is 6.32. The van der Waals surface area contributed by atoms with Gasteiger partial charge in [0.15, 0.2) is 0 Å². The second-order valence-corrected chi connectivity index (χ2v) is 6.37. The highest BCUT2D eigenvalue weighted by atomic mass is 16.5. The average molecular weight is 276 g/mol. The van der Waals surface area contributed by atoms with Crippen molar-refractivity contribution < 1.29 is 9.84 Å². The molecule has 0 aliphatic heterocycles. The van der Waals surface area contributed by atoms with Gasteiger partial charge in [-0.2, -0.15) is 0 Å². The summed E-state index contributed by atoms with van der Waals surface area (Å²) >= 11 is 0. The van der Waals surface area contributed by atoms with E-state index in [1.54, 1.807) is 0 Å². The van der Waals surface area contributed by atoms with E-state index in [1.165, 1.54) is 19.3 Å². The van der Waals surface area contributed by atoms with Crippen LogP contribution in [0.5, 0.6) is 5.75 Å². The maximum absolute atomic E-state index is 10.6. The first-order valence-corrected chi connectivity index (χ1v) is 8.04. The molecule has 20 heavy (non-hydrogen) atoms. The van der Waals surface area contributed by atoms with Gasteiger partial charge in [0.1, 0.15) is 5.75 Å². The van der Waals surface area contributed by atoms with Gasteiger partial charge in [0.25, 0.3) is 0 Å². The Kier molecular flexibility index (Phi) is 5.47. The third-order valence-electron chi connectivity index (χ3n) is 4.49. The molecule has 1 fully saturated rings. The largest absolute Gasteiger partial charge is 0.491 e. The minimum absolute atomic E-state index is 0.169. The smallest absolute Gasteiger partial charge is 0.120 e. The van der Waals surface area contributed by atoms with Crippen LogP contribution in [-0.4, -0.2) is 11.2 Å². The lowest BCUT2D eigenvalue weighted by molar-refractivity contribution is 0.0726. The van der Waals surface area contributed by atoms with Crippen molar-refractivity contribution in [2.24, 2.45) is 11.8 Å². The summed E-state index contributed by atoms with van der Waals surface area (Å²) in [5.74, 6) is 2.14. The minimum Gasteiger partial charge on any atom is -0.491 e. The van der Waals surface area contributed by atoms with Crippen LogP contribution < -0.4 is 4.74 Å². The van der Waals surface area contributed by atoms with Crippen LogP contribution in [0.2, 0.25) is 0 Å². The quantitative estimate of drug-likeness (QED) is 0.843. The summed E-state index contributed by atoms with van der Waals surface area (Å²) in [5.41, 5.74) is 1.00. The molecular weight excluding hydrogens is 248 g/mol. The van der Waals surface area contributed by atoms with Crippen LogP contribution in [0.3, 0.4) is 0 Å². The Morgan fingerprint density at radius 2 is 1.90 bits per heavy atom. The third-order valence-corrected chi connectivity index (χ3v) is 4.49. The van der Waals surface area contributed by atoms with Crippen molar-refractivity contribution in [3.8, 4) is 5.75 Å². The Morgan fingerprint density at radius 3 is 2.50 bits per heavy atom. The molecule has 1 aliphatic rings. The molecule has 2 rings (SSSR count). The minimum atomic E-state index is -0.344. The van der Waals surface area contributed by atoms with Gasteiger partial charge in [-0.05, 0) is 56.2 Å². The van der Waals surface area contributed by atoms with Gasteiger partial charge in [-0.3, -0.25) is 0 Å². The van der Waals surface area contributed by atoms with Crippen LogP contribution in [0.25, 0.3) is 0 Å². The molecule has 1 unspecified atom stereocenters. The van der Waals surface area contributed by atoms with E-state index in [2.05, 4.69) is 6.92 Å². The molecule has 1 aromatic carbocycles. The molecule has 1 atom stereocenters. The fraction of sp³-hybridized carbons (Fsp3) is 0.667. The van der Waals surface area contributed by atoms with Crippen LogP contribution in [0.15, 0.2) is 24.3 Å². The molecule has 0 aromatic heterocycles. The van der Waals surface area contributed by atoms with E-state index in [-0.39, 0.29) is 12.2 Å². The summed E-state index contributed by atoms with van der Waals surface area (Å²) in [6, 6.07) is 7.96. The highest BCUT2D eigenvalue weighted by Gasteiger charge is 2.26. The van der Waals surface area contributed by atoms with E-state index >= 15 is 0 Å². The number of aliphatic hydroxyl groups is 1. The van der Waals surface area contributed by atoms with E-state index in [4.69, 9.17) is 4.74 Å². The maximum Gasteiger partial charge on any atom is 0.120 e. The molecule has 2 heteroatoms. The number of ether oxygens (including phenoxy) is 1. The average Bonchev–Trinajstić information content (AvgIpc) is 2.46. The van der Waals surface area contributed by atoms with Gasteiger partial charge in [-0.25, -0.2) is 0 Å². The first kappa shape index (κ1) is 15.4. The fourth-order valence-corrected chi connectivity index (χ4v) is 3.23. The highest BCUT2D eigenvalue weighted by molar-refractivity contribution is 5.30. The van der Waals surface area contributed by atoms with Crippen molar-refractivity contribution in [3.63, 3.8) is 0 Å². The Bertz CT molecular complexity index is 406. The molecule has 0 amide bonds. The van der Waals surface area contributed by atoms with Crippen molar-refractivity contribution in [3.05, 3.63) is 29.8 Å². The Hall–Kier alpha value is -1.02. The summed E-state index contributed by atoms with van der Waals surface area (Å²) in [4.78, 5) is 0. The zero-order valence-corrected chi connectivity index (χ0v) is 13.0. The molecule has 0 bridgehead atoms. The lowest BCUT2D eigenvalue weighted by Crippen LogP contribution is -2.20. The van der Waals surface area contributed by atoms with Gasteiger partial charge >= 0.3 is 0 Å². The number of aliphatic hydroxyl groups excluding tert-OH is 1. The van der Waals surface area contributed by atoms with Crippen molar-refractivity contribution in [2.45, 2.75) is 65.1 Å². The van der Waals surface area contributed by atoms with Crippen molar-refractivity contribution >= 4 is 0 Å². The number of hydrogen-bond donors (Lipinski definition) is 1. The predicted molar refractivity (Wildman–Crippen MR) is 82.9 cm³/mol. The summed E-state index contributed by atoms with van der Waals surface area (Å²) in [6.07, 6.45) is 5.93. The van der Waals surface area contributed by atoms with E-state index in [9.17, 15) is 5.11 Å². The number of benzene rings is 1. The zero-order valence-electron chi connectivity index (χ0n) is 13.0. The molecule has 2 nitrogen and oxygen atoms in total. The summed E-state index contributed by atoms with van der Waals surface area (Å²) in [7, 11) is 0. The molecule has 1 N–H and O–H groups in total. The van der Waals surface area contributed by atoms with Gasteiger partial charge in [-0.15, -0.1) is 0 Å².